The monoisotopic (exact) mass is 267 g/mol. The number of anilines is 1. The highest BCUT2D eigenvalue weighted by molar-refractivity contribution is 6.10. The molecule has 5 nitrogen and oxygen atoms in total. The first kappa shape index (κ1) is 12.3. The number of pyridine rings is 1. The molecule has 1 aliphatic rings. The van der Waals surface area contributed by atoms with Crippen LogP contribution in [0.15, 0.2) is 42.7 Å². The number of nitrogens with zero attached hydrogens (tertiary/aromatic N) is 2. The van der Waals surface area contributed by atoms with Crippen molar-refractivity contribution >= 4 is 17.5 Å². The first-order valence-electron chi connectivity index (χ1n) is 6.27. The molecule has 3 rings (SSSR count). The summed E-state index contributed by atoms with van der Waals surface area (Å²) in [5.74, 6) is -0.482. The second-order valence-electron chi connectivity index (χ2n) is 4.73. The quantitative estimate of drug-likeness (QED) is 0.659. The summed E-state index contributed by atoms with van der Waals surface area (Å²) in [6.45, 7) is 0.258. The van der Waals surface area contributed by atoms with Crippen LogP contribution in [0.25, 0.3) is 0 Å². The molecule has 20 heavy (non-hydrogen) atoms. The van der Waals surface area contributed by atoms with Gasteiger partial charge in [0.1, 0.15) is 0 Å². The fraction of sp³-hybridized carbons (Fsp3) is 0.133. The number of carbonyl (C=O) groups is 2. The van der Waals surface area contributed by atoms with Crippen molar-refractivity contribution in [2.24, 2.45) is 0 Å². The lowest BCUT2D eigenvalue weighted by Gasteiger charge is -2.27. The van der Waals surface area contributed by atoms with Crippen molar-refractivity contribution < 1.29 is 9.59 Å². The van der Waals surface area contributed by atoms with Crippen LogP contribution in [0, 0.1) is 0 Å². The van der Waals surface area contributed by atoms with Crippen LogP contribution in [0.1, 0.15) is 21.5 Å². The number of aromatic nitrogens is 1. The third kappa shape index (κ3) is 2.14. The zero-order chi connectivity index (χ0) is 14.1. The highest BCUT2D eigenvalue weighted by Gasteiger charge is 2.30. The van der Waals surface area contributed by atoms with Crippen LogP contribution in [0.5, 0.6) is 0 Å². The molecule has 1 aliphatic heterocycles. The number of benzene rings is 1. The number of nitrogens with two attached hydrogens (primary N) is 1. The topological polar surface area (TPSA) is 76.3 Å². The van der Waals surface area contributed by atoms with E-state index >= 15 is 0 Å². The number of rotatable bonds is 2. The molecular weight excluding hydrogens is 254 g/mol. The minimum absolute atomic E-state index is 0.191. The summed E-state index contributed by atoms with van der Waals surface area (Å²) < 4.78 is 0. The Morgan fingerprint density at radius 2 is 1.90 bits per heavy atom. The first-order valence-corrected chi connectivity index (χ1v) is 6.27. The van der Waals surface area contributed by atoms with Crippen molar-refractivity contribution in [2.45, 2.75) is 13.0 Å². The van der Waals surface area contributed by atoms with E-state index in [2.05, 4.69) is 4.98 Å². The van der Waals surface area contributed by atoms with Crippen LogP contribution >= 0.6 is 0 Å². The summed E-state index contributed by atoms with van der Waals surface area (Å²) in [5, 5.41) is 0. The smallest absolute Gasteiger partial charge is 0.261 e. The number of nitrogen functional groups attached to an aromatic ring is 1. The third-order valence-electron chi connectivity index (χ3n) is 3.34. The fourth-order valence-corrected chi connectivity index (χ4v) is 2.30. The molecule has 0 unspecified atom stereocenters. The Bertz CT molecular complexity index is 683. The Morgan fingerprint density at radius 1 is 1.15 bits per heavy atom. The average Bonchev–Trinajstić information content (AvgIpc) is 2.46. The van der Waals surface area contributed by atoms with E-state index in [4.69, 9.17) is 5.73 Å². The van der Waals surface area contributed by atoms with Crippen LogP contribution in [0.2, 0.25) is 0 Å². The second-order valence-corrected chi connectivity index (χ2v) is 4.73. The lowest BCUT2D eigenvalue weighted by atomic mass is 9.97. The van der Waals surface area contributed by atoms with E-state index in [0.717, 1.165) is 11.1 Å². The Balaban J connectivity index is 1.94. The molecule has 0 bridgehead atoms. The van der Waals surface area contributed by atoms with Crippen LogP contribution in [0.3, 0.4) is 0 Å². The lowest BCUT2D eigenvalue weighted by Crippen LogP contribution is -2.41. The van der Waals surface area contributed by atoms with Gasteiger partial charge >= 0.3 is 0 Å². The van der Waals surface area contributed by atoms with Crippen molar-refractivity contribution in [1.29, 1.82) is 0 Å². The highest BCUT2D eigenvalue weighted by atomic mass is 16.2. The van der Waals surface area contributed by atoms with E-state index in [1.54, 1.807) is 42.7 Å². The van der Waals surface area contributed by atoms with E-state index < -0.39 is 0 Å². The van der Waals surface area contributed by atoms with Gasteiger partial charge in [0.15, 0.2) is 0 Å². The Hall–Kier alpha value is -2.69. The maximum Gasteiger partial charge on any atom is 0.261 e. The number of hydrogen-bond acceptors (Lipinski definition) is 4. The molecule has 0 spiro atoms. The number of carbonyl (C=O) groups excluding carboxylic acids is 2. The Morgan fingerprint density at radius 3 is 2.65 bits per heavy atom. The van der Waals surface area contributed by atoms with Gasteiger partial charge in [-0.3, -0.25) is 19.5 Å². The van der Waals surface area contributed by atoms with Gasteiger partial charge < -0.3 is 5.73 Å². The van der Waals surface area contributed by atoms with Gasteiger partial charge in [-0.2, -0.15) is 0 Å². The normalized spacial score (nSPS) is 14.3. The molecule has 0 saturated heterocycles. The molecule has 1 aromatic heterocycles. The largest absolute Gasteiger partial charge is 0.399 e. The van der Waals surface area contributed by atoms with Crippen LogP contribution in [-0.2, 0) is 17.8 Å². The van der Waals surface area contributed by atoms with E-state index in [9.17, 15) is 9.59 Å². The third-order valence-corrected chi connectivity index (χ3v) is 3.34. The van der Waals surface area contributed by atoms with E-state index in [1.807, 2.05) is 0 Å². The van der Waals surface area contributed by atoms with Crippen LogP contribution < -0.4 is 5.73 Å². The standard InChI is InChI=1S/C15H13N3O2/c16-12-2-1-11-7-14(19)18(15(20)13(11)8-12)9-10-3-5-17-6-4-10/h1-6,8H,7,9,16H2. The minimum Gasteiger partial charge on any atom is -0.399 e. The molecule has 5 heteroatoms. The van der Waals surface area contributed by atoms with Crippen molar-refractivity contribution in [3.8, 4) is 0 Å². The maximum atomic E-state index is 12.4. The molecule has 2 amide bonds. The fourth-order valence-electron chi connectivity index (χ4n) is 2.30. The van der Waals surface area contributed by atoms with Crippen molar-refractivity contribution in [2.75, 3.05) is 5.73 Å². The average molecular weight is 267 g/mol. The molecule has 1 aromatic carbocycles. The summed E-state index contributed by atoms with van der Waals surface area (Å²) in [5.41, 5.74) is 8.35. The second kappa shape index (κ2) is 4.77. The molecule has 0 atom stereocenters. The predicted molar refractivity (Wildman–Crippen MR) is 73.7 cm³/mol. The number of hydrogen-bond donors (Lipinski definition) is 1. The summed E-state index contributed by atoms with van der Waals surface area (Å²) in [6.07, 6.45) is 3.51. The van der Waals surface area contributed by atoms with E-state index in [-0.39, 0.29) is 24.8 Å². The van der Waals surface area contributed by atoms with Gasteiger partial charge in [-0.1, -0.05) is 6.07 Å². The summed E-state index contributed by atoms with van der Waals surface area (Å²) in [7, 11) is 0. The summed E-state index contributed by atoms with van der Waals surface area (Å²) >= 11 is 0. The van der Waals surface area contributed by atoms with Gasteiger partial charge in [-0.25, -0.2) is 0 Å². The van der Waals surface area contributed by atoms with E-state index in [1.165, 1.54) is 4.90 Å². The Labute approximate surface area is 116 Å². The zero-order valence-electron chi connectivity index (χ0n) is 10.7. The van der Waals surface area contributed by atoms with Crippen molar-refractivity contribution in [3.63, 3.8) is 0 Å². The summed E-state index contributed by atoms with van der Waals surface area (Å²) in [6, 6.07) is 8.65. The first-order chi connectivity index (χ1) is 9.65. The van der Waals surface area contributed by atoms with Crippen molar-refractivity contribution in [3.05, 3.63) is 59.4 Å². The molecule has 2 heterocycles. The Kier molecular flexibility index (Phi) is 2.95. The molecule has 0 fully saturated rings. The van der Waals surface area contributed by atoms with Gasteiger partial charge in [-0.05, 0) is 35.4 Å². The van der Waals surface area contributed by atoms with E-state index in [0.29, 0.717) is 11.3 Å². The highest BCUT2D eigenvalue weighted by Crippen LogP contribution is 2.23. The molecule has 0 radical (unpaired) electrons. The minimum atomic E-state index is -0.291. The molecule has 0 aliphatic carbocycles. The maximum absolute atomic E-state index is 12.4. The zero-order valence-corrected chi connectivity index (χ0v) is 10.7. The van der Waals surface area contributed by atoms with Crippen molar-refractivity contribution in [1.82, 2.24) is 9.88 Å². The summed E-state index contributed by atoms with van der Waals surface area (Å²) in [4.78, 5) is 29.7. The van der Waals surface area contributed by atoms with Gasteiger partial charge in [0.05, 0.1) is 13.0 Å². The number of fused-ring (bicyclic) bond motifs is 1. The predicted octanol–water partition coefficient (Wildman–Crippen LogP) is 1.39. The molecule has 0 saturated carbocycles. The number of amides is 2. The number of imide groups is 1. The van der Waals surface area contributed by atoms with Gasteiger partial charge in [0.25, 0.3) is 5.91 Å². The molecule has 100 valence electrons. The molecule has 2 N–H and O–H groups in total. The van der Waals surface area contributed by atoms with Crippen LogP contribution in [0.4, 0.5) is 5.69 Å². The van der Waals surface area contributed by atoms with Gasteiger partial charge in [0.2, 0.25) is 5.91 Å². The van der Waals surface area contributed by atoms with Crippen LogP contribution in [-0.4, -0.2) is 21.7 Å². The van der Waals surface area contributed by atoms with Gasteiger partial charge in [0, 0.05) is 23.6 Å². The SMILES string of the molecule is Nc1ccc2c(c1)C(=O)N(Cc1ccncc1)C(=O)C2. The lowest BCUT2D eigenvalue weighted by molar-refractivity contribution is -0.128. The molecular formula is C15H13N3O2. The van der Waals surface area contributed by atoms with Gasteiger partial charge in [-0.15, -0.1) is 0 Å². The molecule has 2 aromatic rings.